The number of carbonyl (C=O) groups excluding carboxylic acids is 2. The van der Waals surface area contributed by atoms with E-state index in [2.05, 4.69) is 75.4 Å². The third-order valence-electron chi connectivity index (χ3n) is 16.6. The van der Waals surface area contributed by atoms with E-state index >= 15 is 0 Å². The topological polar surface area (TPSA) is 200 Å². The highest BCUT2D eigenvalue weighted by Gasteiger charge is 2.26. The standard InChI is InChI=1S/C37H49N5O3.C23H40N2O.C13H13NO2/c1-6-11-16-27(8-3)25-41(26-28(9-4)17-12-7-2)35(43)30-20-22-31(23-21-30)39-40-34-33(29-18-14-13-15-19-29)32(24-38)36(44)42(10-5)37(34)45;1-5-9-11-19(7-3)17-25(18-20(8-4)12-10-6-2)23(26)21-13-15-22(24)16-14-21;1-2-14-12(15)8-11(9-13(14)16)10-6-4-3-5-7-10/h13-15,18-23,27-28,44H,6-12,16-17,25-26H2,1-5H3;13-16,19-20H,5-12,17-18,24H2,1-4H3;3-9,15H,2H2,1H3. The maximum atomic E-state index is 13.9. The van der Waals surface area contributed by atoms with Crippen LogP contribution in [0, 0.1) is 35.0 Å². The van der Waals surface area contributed by atoms with Crippen molar-refractivity contribution in [2.45, 2.75) is 185 Å². The Bertz CT molecular complexity index is 3130. The molecule has 0 saturated heterocycles. The molecule has 87 heavy (non-hydrogen) atoms. The number of benzene rings is 4. The molecule has 0 saturated carbocycles. The van der Waals surface area contributed by atoms with Gasteiger partial charge in [-0.3, -0.25) is 28.3 Å². The van der Waals surface area contributed by atoms with Gasteiger partial charge in [0.05, 0.1) is 5.69 Å². The molecule has 4 N–H and O–H groups in total. The van der Waals surface area contributed by atoms with Gasteiger partial charge in [0.25, 0.3) is 22.9 Å². The molecule has 0 bridgehead atoms. The van der Waals surface area contributed by atoms with Crippen LogP contribution in [0.3, 0.4) is 0 Å². The van der Waals surface area contributed by atoms with E-state index in [1.807, 2.05) is 73.7 Å². The average molecular weight is 1190 g/mol. The molecule has 0 spiro atoms. The largest absolute Gasteiger partial charge is 0.494 e. The summed E-state index contributed by atoms with van der Waals surface area (Å²) in [5, 5.41) is 39.0. The minimum absolute atomic E-state index is 0.00820. The average Bonchev–Trinajstić information content (AvgIpc) is 1.51. The van der Waals surface area contributed by atoms with Crippen LogP contribution in [0.4, 0.5) is 17.1 Å². The van der Waals surface area contributed by atoms with Gasteiger partial charge in [-0.15, -0.1) is 5.11 Å². The fourth-order valence-corrected chi connectivity index (χ4v) is 10.9. The van der Waals surface area contributed by atoms with Crippen LogP contribution in [0.2, 0.25) is 0 Å². The quantitative estimate of drug-likeness (QED) is 0.0274. The lowest BCUT2D eigenvalue weighted by molar-refractivity contribution is 0.0678. The van der Waals surface area contributed by atoms with E-state index in [0.717, 1.165) is 98.8 Å². The molecule has 0 aliphatic carbocycles. The van der Waals surface area contributed by atoms with Crippen molar-refractivity contribution in [3.63, 3.8) is 0 Å². The van der Waals surface area contributed by atoms with Crippen LogP contribution in [0.15, 0.2) is 141 Å². The summed E-state index contributed by atoms with van der Waals surface area (Å²) in [4.78, 5) is 56.3. The number of nitrogen functional groups attached to an aromatic ring is 1. The Hall–Kier alpha value is -7.79. The number of nitriles is 1. The van der Waals surface area contributed by atoms with Gasteiger partial charge >= 0.3 is 0 Å². The van der Waals surface area contributed by atoms with E-state index in [-0.39, 0.29) is 46.6 Å². The molecule has 14 nitrogen and oxygen atoms in total. The van der Waals surface area contributed by atoms with E-state index in [4.69, 9.17) is 5.73 Å². The third kappa shape index (κ3) is 22.1. The molecular weight excluding hydrogens is 1080 g/mol. The first-order chi connectivity index (χ1) is 42.1. The molecule has 470 valence electrons. The zero-order chi connectivity index (χ0) is 63.7. The second-order valence-corrected chi connectivity index (χ2v) is 23.0. The molecule has 4 aromatic carbocycles. The van der Waals surface area contributed by atoms with Crippen molar-refractivity contribution in [2.24, 2.45) is 33.9 Å². The SMILES string of the molecule is CCCCC(CC)CN(CC(CC)CCCC)C(=O)c1ccc(N)cc1.CCCCC(CC)CN(CC(CC)CCCC)C(=O)c1ccc(N=Nc2c(-c3ccccc3)c(C#N)c(O)n(CC)c2=O)cc1.CCn1c(O)cc(-c2ccccc2)cc1=O. The van der Waals surface area contributed by atoms with E-state index in [1.54, 1.807) is 67.6 Å². The first-order valence-corrected chi connectivity index (χ1v) is 32.5. The lowest BCUT2D eigenvalue weighted by Gasteiger charge is -2.31. The van der Waals surface area contributed by atoms with Gasteiger partial charge in [0.1, 0.15) is 11.6 Å². The molecule has 0 radical (unpaired) electrons. The molecule has 14 heteroatoms. The van der Waals surface area contributed by atoms with Crippen LogP contribution in [-0.4, -0.2) is 67.1 Å². The molecule has 0 aliphatic heterocycles. The molecule has 6 aromatic rings. The Morgan fingerprint density at radius 2 is 0.931 bits per heavy atom. The van der Waals surface area contributed by atoms with Gasteiger partial charge in [0.2, 0.25) is 5.88 Å². The minimum Gasteiger partial charge on any atom is -0.494 e. The number of amides is 2. The number of hydrogen-bond acceptors (Lipinski definition) is 10. The first kappa shape index (κ1) is 71.7. The highest BCUT2D eigenvalue weighted by atomic mass is 16.3. The van der Waals surface area contributed by atoms with E-state index < -0.39 is 11.4 Å². The molecule has 2 amide bonds. The Balaban J connectivity index is 0.000000321. The predicted octanol–water partition coefficient (Wildman–Crippen LogP) is 17.8. The fraction of sp³-hybridized carbons (Fsp3) is 0.493. The number of nitrogens with two attached hydrogens (primary N) is 1. The number of anilines is 1. The second-order valence-electron chi connectivity index (χ2n) is 23.0. The van der Waals surface area contributed by atoms with Gasteiger partial charge in [0, 0.05) is 73.8 Å². The Labute approximate surface area is 520 Å². The smallest absolute Gasteiger partial charge is 0.281 e. The predicted molar refractivity (Wildman–Crippen MR) is 358 cm³/mol. The summed E-state index contributed by atoms with van der Waals surface area (Å²) in [7, 11) is 0. The van der Waals surface area contributed by atoms with E-state index in [1.165, 1.54) is 55.9 Å². The first-order valence-electron chi connectivity index (χ1n) is 32.5. The van der Waals surface area contributed by atoms with Crippen molar-refractivity contribution in [1.82, 2.24) is 18.9 Å². The molecule has 0 aliphatic rings. The van der Waals surface area contributed by atoms with Gasteiger partial charge in [-0.25, -0.2) is 0 Å². The van der Waals surface area contributed by atoms with Crippen molar-refractivity contribution in [3.05, 3.63) is 159 Å². The lowest BCUT2D eigenvalue weighted by Crippen LogP contribution is -2.39. The normalized spacial score (nSPS) is 12.4. The Morgan fingerprint density at radius 3 is 1.30 bits per heavy atom. The number of rotatable bonds is 32. The Kier molecular flexibility index (Phi) is 32.2. The number of unbranched alkanes of at least 4 members (excludes halogenated alkanes) is 4. The van der Waals surface area contributed by atoms with Crippen molar-refractivity contribution in [2.75, 3.05) is 31.9 Å². The van der Waals surface area contributed by atoms with Gasteiger partial charge in [-0.1, -0.05) is 193 Å². The van der Waals surface area contributed by atoms with Crippen molar-refractivity contribution in [1.29, 1.82) is 5.26 Å². The van der Waals surface area contributed by atoms with Crippen molar-refractivity contribution < 1.29 is 19.8 Å². The molecule has 6 rings (SSSR count). The molecule has 2 aromatic heterocycles. The zero-order valence-electron chi connectivity index (χ0n) is 54.1. The summed E-state index contributed by atoms with van der Waals surface area (Å²) in [6.07, 6.45) is 18.6. The monoisotopic (exact) mass is 1190 g/mol. The third-order valence-corrected chi connectivity index (χ3v) is 16.6. The number of hydrogen-bond donors (Lipinski definition) is 3. The molecule has 4 atom stereocenters. The maximum absolute atomic E-state index is 13.9. The van der Waals surface area contributed by atoms with Crippen LogP contribution in [0.5, 0.6) is 11.8 Å². The number of azo groups is 1. The van der Waals surface area contributed by atoms with Gasteiger partial charge in [-0.2, -0.15) is 10.4 Å². The summed E-state index contributed by atoms with van der Waals surface area (Å²) in [5.41, 5.74) is 10.0. The summed E-state index contributed by atoms with van der Waals surface area (Å²) < 4.78 is 2.44. The summed E-state index contributed by atoms with van der Waals surface area (Å²) >= 11 is 0. The van der Waals surface area contributed by atoms with Crippen LogP contribution in [0.1, 0.15) is 198 Å². The fourth-order valence-electron chi connectivity index (χ4n) is 10.9. The molecule has 2 heterocycles. The summed E-state index contributed by atoms with van der Waals surface area (Å²) in [6.45, 7) is 25.3. The van der Waals surface area contributed by atoms with Crippen LogP contribution < -0.4 is 16.9 Å². The lowest BCUT2D eigenvalue weighted by atomic mass is 9.95. The minimum atomic E-state index is -0.541. The zero-order valence-corrected chi connectivity index (χ0v) is 54.1. The number of aromatic nitrogens is 2. The molecular formula is C73H102N8O6. The number of carbonyl (C=O) groups is 2. The van der Waals surface area contributed by atoms with Crippen LogP contribution in [0.25, 0.3) is 22.3 Å². The van der Waals surface area contributed by atoms with E-state index in [9.17, 15) is 34.7 Å². The molecule has 0 fully saturated rings. The number of aromatic hydroxyl groups is 2. The number of nitrogens with zero attached hydrogens (tertiary/aromatic N) is 7. The highest BCUT2D eigenvalue weighted by Crippen LogP contribution is 2.36. The van der Waals surface area contributed by atoms with Crippen LogP contribution >= 0.6 is 0 Å². The molecule has 4 unspecified atom stereocenters. The maximum Gasteiger partial charge on any atom is 0.281 e. The summed E-state index contributed by atoms with van der Waals surface area (Å²) in [5.74, 6) is 1.94. The van der Waals surface area contributed by atoms with Gasteiger partial charge in [0.15, 0.2) is 11.6 Å². The van der Waals surface area contributed by atoms with Crippen molar-refractivity contribution >= 4 is 28.9 Å². The number of pyridine rings is 2. The Morgan fingerprint density at radius 1 is 0.529 bits per heavy atom. The van der Waals surface area contributed by atoms with Gasteiger partial charge < -0.3 is 25.7 Å². The highest BCUT2D eigenvalue weighted by molar-refractivity contribution is 5.95. The second kappa shape index (κ2) is 39.1. The summed E-state index contributed by atoms with van der Waals surface area (Å²) in [6, 6.07) is 38.0. The van der Waals surface area contributed by atoms with Crippen LogP contribution in [-0.2, 0) is 13.1 Å². The van der Waals surface area contributed by atoms with E-state index in [0.29, 0.717) is 52.7 Å². The van der Waals surface area contributed by atoms with Crippen molar-refractivity contribution in [3.8, 4) is 40.1 Å². The van der Waals surface area contributed by atoms with Gasteiger partial charge in [-0.05, 0) is 128 Å².